The van der Waals surface area contributed by atoms with Crippen molar-refractivity contribution >= 4 is 5.97 Å². The fourth-order valence-corrected chi connectivity index (χ4v) is 0.391. The van der Waals surface area contributed by atoms with E-state index in [1.54, 1.807) is 0 Å². The second kappa shape index (κ2) is 4.65. The summed E-state index contributed by atoms with van der Waals surface area (Å²) in [5.41, 5.74) is 0. The average Bonchev–Trinajstić information content (AvgIpc) is 2.34. The molecule has 14 heavy (non-hydrogen) atoms. The van der Waals surface area contributed by atoms with Gasteiger partial charge < -0.3 is 29.9 Å². The van der Waals surface area contributed by atoms with Crippen LogP contribution >= 0.6 is 0 Å². The third kappa shape index (κ3) is 2.97. The number of carbonyl (C=O) groups is 1. The molecular weight excluding hydrogens is 196 g/mol. The molecule has 1 aromatic heterocycles. The van der Waals surface area contributed by atoms with Crippen molar-refractivity contribution in [1.29, 1.82) is 0 Å². The van der Waals surface area contributed by atoms with Crippen LogP contribution in [0.2, 0.25) is 0 Å². The number of furan rings is 1. The van der Waals surface area contributed by atoms with Crippen LogP contribution in [0.5, 0.6) is 23.4 Å². The summed E-state index contributed by atoms with van der Waals surface area (Å²) in [5, 5.41) is 41.3. The number of carboxylic acids is 1. The third-order valence-electron chi connectivity index (χ3n) is 0.997. The molecule has 1 aromatic rings. The minimum atomic E-state index is -0.981. The number of rotatable bonds is 1. The van der Waals surface area contributed by atoms with E-state index in [1.165, 1.54) is 0 Å². The summed E-state index contributed by atoms with van der Waals surface area (Å²) in [6.45, 7) is 2.96. The molecule has 0 spiro atoms. The van der Waals surface area contributed by atoms with Gasteiger partial charge in [0.05, 0.1) is 0 Å². The molecule has 0 amide bonds. The van der Waals surface area contributed by atoms with Crippen LogP contribution in [-0.2, 0) is 4.79 Å². The van der Waals surface area contributed by atoms with Crippen LogP contribution in [0.3, 0.4) is 0 Å². The molecule has 1 heterocycles. The second-order valence-corrected chi connectivity index (χ2v) is 1.95. The normalized spacial score (nSPS) is 8.57. The Hall–Kier alpha value is -2.31. The van der Waals surface area contributed by atoms with Crippen LogP contribution in [-0.4, -0.2) is 31.5 Å². The van der Waals surface area contributed by atoms with Crippen LogP contribution in [0.1, 0.15) is 0 Å². The topological polar surface area (TPSA) is 131 Å². The van der Waals surface area contributed by atoms with Crippen molar-refractivity contribution in [3.8, 4) is 23.4 Å². The van der Waals surface area contributed by atoms with E-state index in [4.69, 9.17) is 25.5 Å². The van der Waals surface area contributed by atoms with E-state index >= 15 is 0 Å². The summed E-state index contributed by atoms with van der Waals surface area (Å²) in [6, 6.07) is 0. The number of aromatic hydroxyl groups is 4. The Bertz CT molecular complexity index is 316. The zero-order valence-electron chi connectivity index (χ0n) is 6.84. The highest BCUT2D eigenvalue weighted by Gasteiger charge is 2.16. The van der Waals surface area contributed by atoms with E-state index in [-0.39, 0.29) is 0 Å². The molecule has 0 saturated carbocycles. The Kier molecular flexibility index (Phi) is 3.88. The zero-order chi connectivity index (χ0) is 11.3. The molecule has 78 valence electrons. The highest BCUT2D eigenvalue weighted by molar-refractivity contribution is 5.78. The molecule has 7 nitrogen and oxygen atoms in total. The van der Waals surface area contributed by atoms with Gasteiger partial charge in [-0.2, -0.15) is 0 Å². The number of hydrogen-bond donors (Lipinski definition) is 5. The van der Waals surface area contributed by atoms with Gasteiger partial charge in [0.15, 0.2) is 0 Å². The monoisotopic (exact) mass is 204 g/mol. The predicted molar refractivity (Wildman–Crippen MR) is 43.2 cm³/mol. The number of aliphatic carboxylic acids is 1. The standard InChI is InChI=1S/C4H4O5.C3H4O2/c5-1-2(6)4(8)9-3(1)7;1-2-3(4)5/h5-8H;2H,1H2,(H,4,5). The van der Waals surface area contributed by atoms with Crippen molar-refractivity contribution in [2.45, 2.75) is 0 Å². The summed E-state index contributed by atoms with van der Waals surface area (Å²) in [6.07, 6.45) is 0.833. The van der Waals surface area contributed by atoms with Gasteiger partial charge in [0, 0.05) is 6.08 Å². The molecule has 0 saturated heterocycles. The lowest BCUT2D eigenvalue weighted by atomic mass is 10.5. The minimum absolute atomic E-state index is 0.833. The molecule has 0 bridgehead atoms. The predicted octanol–water partition coefficient (Wildman–Crippen LogP) is 0.359. The smallest absolute Gasteiger partial charge is 0.333 e. The molecule has 0 aliphatic carbocycles. The first-order valence-corrected chi connectivity index (χ1v) is 3.18. The molecule has 7 heteroatoms. The Balaban J connectivity index is 0.000000292. The molecule has 0 fully saturated rings. The summed E-state index contributed by atoms with van der Waals surface area (Å²) in [5.74, 6) is -4.49. The van der Waals surface area contributed by atoms with Gasteiger partial charge in [0.25, 0.3) is 0 Å². The maximum atomic E-state index is 9.25. The van der Waals surface area contributed by atoms with Crippen LogP contribution in [0, 0.1) is 0 Å². The van der Waals surface area contributed by atoms with Crippen LogP contribution in [0.25, 0.3) is 0 Å². The first kappa shape index (κ1) is 11.7. The summed E-state index contributed by atoms with van der Waals surface area (Å²) in [7, 11) is 0. The molecule has 0 unspecified atom stereocenters. The molecule has 0 radical (unpaired) electrons. The van der Waals surface area contributed by atoms with Gasteiger partial charge in [0.2, 0.25) is 11.5 Å². The summed E-state index contributed by atoms with van der Waals surface area (Å²) in [4.78, 5) is 9.25. The lowest BCUT2D eigenvalue weighted by Gasteiger charge is -1.81. The van der Waals surface area contributed by atoms with Crippen molar-refractivity contribution in [1.82, 2.24) is 0 Å². The highest BCUT2D eigenvalue weighted by atomic mass is 16.6. The Morgan fingerprint density at radius 2 is 1.43 bits per heavy atom. The van der Waals surface area contributed by atoms with Crippen LogP contribution < -0.4 is 0 Å². The van der Waals surface area contributed by atoms with Gasteiger partial charge in [-0.05, 0) is 0 Å². The molecule has 0 aliphatic heterocycles. The van der Waals surface area contributed by atoms with Crippen molar-refractivity contribution in [3.05, 3.63) is 12.7 Å². The van der Waals surface area contributed by atoms with Gasteiger partial charge in [-0.1, -0.05) is 6.58 Å². The van der Waals surface area contributed by atoms with Gasteiger partial charge in [-0.15, -0.1) is 0 Å². The lowest BCUT2D eigenvalue weighted by molar-refractivity contribution is -0.131. The lowest BCUT2D eigenvalue weighted by Crippen LogP contribution is -1.82. The molecule has 0 aliphatic rings. The molecule has 5 N–H and O–H groups in total. The van der Waals surface area contributed by atoms with Gasteiger partial charge in [0.1, 0.15) is 0 Å². The van der Waals surface area contributed by atoms with Crippen molar-refractivity contribution in [3.63, 3.8) is 0 Å². The molecule has 0 atom stereocenters. The van der Waals surface area contributed by atoms with E-state index in [2.05, 4.69) is 11.0 Å². The third-order valence-corrected chi connectivity index (χ3v) is 0.997. The van der Waals surface area contributed by atoms with Crippen molar-refractivity contribution < 1.29 is 34.7 Å². The number of carboxylic acid groups (broad SMARTS) is 1. The van der Waals surface area contributed by atoms with E-state index in [0.717, 1.165) is 6.08 Å². The zero-order valence-corrected chi connectivity index (χ0v) is 6.84. The minimum Gasteiger partial charge on any atom is -0.499 e. The van der Waals surface area contributed by atoms with Gasteiger partial charge >= 0.3 is 17.9 Å². The summed E-state index contributed by atoms with van der Waals surface area (Å²) < 4.78 is 3.96. The van der Waals surface area contributed by atoms with E-state index in [9.17, 15) is 4.79 Å². The quantitative estimate of drug-likeness (QED) is 0.417. The number of hydrogen-bond acceptors (Lipinski definition) is 6. The van der Waals surface area contributed by atoms with Crippen LogP contribution in [0.4, 0.5) is 0 Å². The van der Waals surface area contributed by atoms with Crippen LogP contribution in [0.15, 0.2) is 17.1 Å². The van der Waals surface area contributed by atoms with E-state index in [0.29, 0.717) is 0 Å². The van der Waals surface area contributed by atoms with Crippen molar-refractivity contribution in [2.75, 3.05) is 0 Å². The van der Waals surface area contributed by atoms with Gasteiger partial charge in [-0.25, -0.2) is 4.79 Å². The van der Waals surface area contributed by atoms with E-state index < -0.39 is 29.4 Å². The molecular formula is C7H8O7. The first-order valence-electron chi connectivity index (χ1n) is 3.18. The van der Waals surface area contributed by atoms with Crippen molar-refractivity contribution in [2.24, 2.45) is 0 Å². The van der Waals surface area contributed by atoms with Gasteiger partial charge in [-0.3, -0.25) is 0 Å². The fourth-order valence-electron chi connectivity index (χ4n) is 0.391. The maximum Gasteiger partial charge on any atom is 0.333 e. The Morgan fingerprint density at radius 1 is 1.14 bits per heavy atom. The Morgan fingerprint density at radius 3 is 1.50 bits per heavy atom. The second-order valence-electron chi connectivity index (χ2n) is 1.95. The maximum absolute atomic E-state index is 9.25. The first-order chi connectivity index (χ1) is 6.40. The molecule has 0 aromatic carbocycles. The SMILES string of the molecule is C=CC(=O)O.Oc1oc(O)c(O)c1O. The Labute approximate surface area is 77.8 Å². The van der Waals surface area contributed by atoms with E-state index in [1.807, 2.05) is 0 Å². The summed E-state index contributed by atoms with van der Waals surface area (Å²) >= 11 is 0. The fraction of sp³-hybridized carbons (Fsp3) is 0. The molecule has 1 rings (SSSR count). The largest absolute Gasteiger partial charge is 0.499 e. The highest BCUT2D eigenvalue weighted by Crippen LogP contribution is 2.44. The average molecular weight is 204 g/mol.